The van der Waals surface area contributed by atoms with Gasteiger partial charge in [0.2, 0.25) is 0 Å². The van der Waals surface area contributed by atoms with E-state index in [9.17, 15) is 5.11 Å². The second kappa shape index (κ2) is 15.9. The van der Waals surface area contributed by atoms with Crippen LogP contribution in [0.1, 0.15) is 32.6 Å². The molecule has 0 aliphatic carbocycles. The van der Waals surface area contributed by atoms with E-state index < -0.39 is 6.10 Å². The van der Waals surface area contributed by atoms with Gasteiger partial charge in [0.15, 0.2) is 0 Å². The van der Waals surface area contributed by atoms with Gasteiger partial charge in [0, 0.05) is 26.9 Å². The minimum atomic E-state index is -0.446. The van der Waals surface area contributed by atoms with Crippen LogP contribution in [0.2, 0.25) is 0 Å². The monoisotopic (exact) mass is 277 g/mol. The summed E-state index contributed by atoms with van der Waals surface area (Å²) in [4.78, 5) is 0. The highest BCUT2D eigenvalue weighted by Gasteiger charge is 2.03. The SMILES string of the molecule is CCCCOCCOCC(O)CNCCCCOC. The van der Waals surface area contributed by atoms with Gasteiger partial charge in [-0.2, -0.15) is 0 Å². The van der Waals surface area contributed by atoms with Crippen molar-refractivity contribution in [2.45, 2.75) is 38.7 Å². The molecule has 1 atom stereocenters. The second-order valence-electron chi connectivity index (χ2n) is 4.60. The molecule has 0 aromatic rings. The molecule has 0 saturated carbocycles. The number of rotatable bonds is 15. The topological polar surface area (TPSA) is 60.0 Å². The molecule has 0 aliphatic rings. The molecule has 0 aliphatic heterocycles. The van der Waals surface area contributed by atoms with Crippen molar-refractivity contribution in [2.24, 2.45) is 0 Å². The molecule has 0 radical (unpaired) electrons. The van der Waals surface area contributed by atoms with Gasteiger partial charge in [0.05, 0.1) is 25.9 Å². The van der Waals surface area contributed by atoms with Crippen LogP contribution in [-0.2, 0) is 14.2 Å². The maximum atomic E-state index is 9.64. The van der Waals surface area contributed by atoms with Crippen LogP contribution in [0.5, 0.6) is 0 Å². The minimum Gasteiger partial charge on any atom is -0.389 e. The highest BCUT2D eigenvalue weighted by atomic mass is 16.5. The van der Waals surface area contributed by atoms with E-state index in [1.807, 2.05) is 0 Å². The van der Waals surface area contributed by atoms with Crippen LogP contribution in [0.25, 0.3) is 0 Å². The van der Waals surface area contributed by atoms with E-state index in [0.717, 1.165) is 45.4 Å². The van der Waals surface area contributed by atoms with Crippen LogP contribution in [0.3, 0.4) is 0 Å². The summed E-state index contributed by atoms with van der Waals surface area (Å²) in [5.41, 5.74) is 0. The maximum absolute atomic E-state index is 9.64. The molecule has 2 N–H and O–H groups in total. The lowest BCUT2D eigenvalue weighted by molar-refractivity contribution is 0.00394. The Morgan fingerprint density at radius 2 is 1.79 bits per heavy atom. The standard InChI is InChI=1S/C14H31NO4/c1-3-4-9-18-10-11-19-13-14(16)12-15-7-5-6-8-17-2/h14-16H,3-13H2,1-2H3. The molecule has 0 spiro atoms. The van der Waals surface area contributed by atoms with Gasteiger partial charge in [-0.25, -0.2) is 0 Å². The molecule has 0 aromatic heterocycles. The normalized spacial score (nSPS) is 12.8. The number of aliphatic hydroxyl groups excluding tert-OH is 1. The first kappa shape index (κ1) is 18.8. The van der Waals surface area contributed by atoms with Crippen molar-refractivity contribution in [2.75, 3.05) is 53.2 Å². The highest BCUT2D eigenvalue weighted by Crippen LogP contribution is 1.90. The molecular weight excluding hydrogens is 246 g/mol. The summed E-state index contributed by atoms with van der Waals surface area (Å²) in [6.07, 6.45) is 3.90. The van der Waals surface area contributed by atoms with E-state index >= 15 is 0 Å². The molecule has 116 valence electrons. The minimum absolute atomic E-state index is 0.363. The summed E-state index contributed by atoms with van der Waals surface area (Å²) in [5, 5.41) is 12.8. The Balaban J connectivity index is 3.10. The van der Waals surface area contributed by atoms with Crippen LogP contribution >= 0.6 is 0 Å². The molecule has 0 rings (SSSR count). The van der Waals surface area contributed by atoms with Crippen molar-refractivity contribution < 1.29 is 19.3 Å². The molecule has 19 heavy (non-hydrogen) atoms. The number of methoxy groups -OCH3 is 1. The predicted molar refractivity (Wildman–Crippen MR) is 76.5 cm³/mol. The van der Waals surface area contributed by atoms with E-state index in [-0.39, 0.29) is 0 Å². The summed E-state index contributed by atoms with van der Waals surface area (Å²) >= 11 is 0. The van der Waals surface area contributed by atoms with Gasteiger partial charge < -0.3 is 24.6 Å². The van der Waals surface area contributed by atoms with Gasteiger partial charge in [0.25, 0.3) is 0 Å². The van der Waals surface area contributed by atoms with Crippen molar-refractivity contribution in [1.29, 1.82) is 0 Å². The molecule has 0 fully saturated rings. The molecule has 5 nitrogen and oxygen atoms in total. The second-order valence-corrected chi connectivity index (χ2v) is 4.60. The summed E-state index contributed by atoms with van der Waals surface area (Å²) < 4.78 is 15.7. The lowest BCUT2D eigenvalue weighted by Gasteiger charge is -2.12. The van der Waals surface area contributed by atoms with Crippen LogP contribution in [0.4, 0.5) is 0 Å². The van der Waals surface area contributed by atoms with E-state index in [1.165, 1.54) is 0 Å². The molecule has 0 aromatic carbocycles. The Morgan fingerprint density at radius 3 is 2.53 bits per heavy atom. The zero-order valence-electron chi connectivity index (χ0n) is 12.5. The Bertz CT molecular complexity index is 170. The van der Waals surface area contributed by atoms with Crippen molar-refractivity contribution >= 4 is 0 Å². The third kappa shape index (κ3) is 15.7. The number of aliphatic hydroxyl groups is 1. The van der Waals surface area contributed by atoms with Crippen molar-refractivity contribution in [1.82, 2.24) is 5.32 Å². The first-order chi connectivity index (χ1) is 9.31. The Morgan fingerprint density at radius 1 is 1.00 bits per heavy atom. The van der Waals surface area contributed by atoms with Gasteiger partial charge >= 0.3 is 0 Å². The van der Waals surface area contributed by atoms with Crippen molar-refractivity contribution in [3.63, 3.8) is 0 Å². The lowest BCUT2D eigenvalue weighted by atomic mass is 10.3. The zero-order chi connectivity index (χ0) is 14.2. The number of unbranched alkanes of at least 4 members (excludes halogenated alkanes) is 2. The average Bonchev–Trinajstić information content (AvgIpc) is 2.41. The highest BCUT2D eigenvalue weighted by molar-refractivity contribution is 4.58. The molecule has 1 unspecified atom stereocenters. The fourth-order valence-electron chi connectivity index (χ4n) is 1.51. The number of ether oxygens (including phenoxy) is 3. The van der Waals surface area contributed by atoms with E-state index in [2.05, 4.69) is 12.2 Å². The fourth-order valence-corrected chi connectivity index (χ4v) is 1.51. The van der Waals surface area contributed by atoms with Crippen LogP contribution in [0.15, 0.2) is 0 Å². The van der Waals surface area contributed by atoms with Gasteiger partial charge in [-0.1, -0.05) is 13.3 Å². The maximum Gasteiger partial charge on any atom is 0.0897 e. The van der Waals surface area contributed by atoms with Gasteiger partial charge in [0.1, 0.15) is 0 Å². The van der Waals surface area contributed by atoms with E-state index in [1.54, 1.807) is 7.11 Å². The molecule has 0 heterocycles. The first-order valence-electron chi connectivity index (χ1n) is 7.34. The average molecular weight is 277 g/mol. The molecule has 0 bridgehead atoms. The van der Waals surface area contributed by atoms with Crippen LogP contribution in [0, 0.1) is 0 Å². The molecule has 0 amide bonds. The number of hydrogen-bond donors (Lipinski definition) is 2. The van der Waals surface area contributed by atoms with Crippen molar-refractivity contribution in [3.8, 4) is 0 Å². The summed E-state index contributed by atoms with van der Waals surface area (Å²) in [5.74, 6) is 0. The summed E-state index contributed by atoms with van der Waals surface area (Å²) in [7, 11) is 1.71. The summed E-state index contributed by atoms with van der Waals surface area (Å²) in [6, 6.07) is 0. The van der Waals surface area contributed by atoms with Crippen molar-refractivity contribution in [3.05, 3.63) is 0 Å². The first-order valence-corrected chi connectivity index (χ1v) is 7.34. The quantitative estimate of drug-likeness (QED) is 0.440. The van der Waals surface area contributed by atoms with Gasteiger partial charge in [-0.15, -0.1) is 0 Å². The van der Waals surface area contributed by atoms with Crippen LogP contribution in [-0.4, -0.2) is 64.4 Å². The van der Waals surface area contributed by atoms with Gasteiger partial charge in [-0.3, -0.25) is 0 Å². The smallest absolute Gasteiger partial charge is 0.0897 e. The third-order valence-corrected chi connectivity index (χ3v) is 2.66. The zero-order valence-corrected chi connectivity index (χ0v) is 12.5. The molecule has 5 heteroatoms. The molecule has 0 saturated heterocycles. The Labute approximate surface area is 117 Å². The number of nitrogens with one attached hydrogen (secondary N) is 1. The Kier molecular flexibility index (Phi) is 15.7. The largest absolute Gasteiger partial charge is 0.389 e. The van der Waals surface area contributed by atoms with Crippen LogP contribution < -0.4 is 5.32 Å². The number of hydrogen-bond acceptors (Lipinski definition) is 5. The van der Waals surface area contributed by atoms with E-state index in [0.29, 0.717) is 26.4 Å². The Hall–Kier alpha value is -0.200. The fraction of sp³-hybridized carbons (Fsp3) is 1.00. The molecular formula is C14H31NO4. The lowest BCUT2D eigenvalue weighted by Crippen LogP contribution is -2.31. The third-order valence-electron chi connectivity index (χ3n) is 2.66. The van der Waals surface area contributed by atoms with E-state index in [4.69, 9.17) is 14.2 Å². The predicted octanol–water partition coefficient (Wildman–Crippen LogP) is 1.20. The van der Waals surface area contributed by atoms with Gasteiger partial charge in [-0.05, 0) is 25.8 Å². The summed E-state index contributed by atoms with van der Waals surface area (Å²) in [6.45, 7) is 6.73.